The Morgan fingerprint density at radius 3 is 1.40 bits per heavy atom. The van der Waals surface area contributed by atoms with Crippen molar-refractivity contribution in [3.8, 4) is 0 Å². The van der Waals surface area contributed by atoms with E-state index in [1.54, 1.807) is 0 Å². The summed E-state index contributed by atoms with van der Waals surface area (Å²) in [5.74, 6) is 0. The van der Waals surface area contributed by atoms with Gasteiger partial charge in [0.25, 0.3) is 0 Å². The van der Waals surface area contributed by atoms with Gasteiger partial charge in [0, 0.05) is 0 Å². The van der Waals surface area contributed by atoms with E-state index in [-0.39, 0.29) is 27.3 Å². The molecule has 0 saturated carbocycles. The molecular formula is NO3Pb+. The monoisotopic (exact) mass is 270 g/mol. The molecule has 0 aromatic carbocycles. The molecule has 4 nitrogen and oxygen atoms in total. The van der Waals surface area contributed by atoms with E-state index in [1.165, 1.54) is 0 Å². The maximum absolute atomic E-state index is 8.25. The zero-order valence-corrected chi connectivity index (χ0v) is 6.06. The van der Waals surface area contributed by atoms with E-state index in [9.17, 15) is 0 Å². The van der Waals surface area contributed by atoms with Crippen LogP contribution in [0.1, 0.15) is 0 Å². The summed E-state index contributed by atoms with van der Waals surface area (Å²) in [6, 6.07) is 0. The molecule has 2 radical (unpaired) electrons. The van der Waals surface area contributed by atoms with E-state index < -0.39 is 5.09 Å². The van der Waals surface area contributed by atoms with Crippen LogP contribution in [0.4, 0.5) is 0 Å². The standard InChI is InChI=1S/NO3.Pb/c2-1(3)4;/q-1;+2. The molecule has 0 unspecified atom stereocenters. The van der Waals surface area contributed by atoms with E-state index in [0.29, 0.717) is 0 Å². The van der Waals surface area contributed by atoms with Crippen molar-refractivity contribution in [2.45, 2.75) is 0 Å². The average molecular weight is 269 g/mol. The summed E-state index contributed by atoms with van der Waals surface area (Å²) in [5, 5.41) is 14.8. The number of hydrogen-bond donors (Lipinski definition) is 0. The SMILES string of the molecule is O=[N+]([O-])[O-].[Pb+2]. The summed E-state index contributed by atoms with van der Waals surface area (Å²) < 4.78 is 0. The van der Waals surface area contributed by atoms with Gasteiger partial charge in [-0.2, -0.15) is 0 Å². The maximum atomic E-state index is 8.25. The summed E-state index contributed by atoms with van der Waals surface area (Å²) >= 11 is 0. The third-order valence-electron chi connectivity index (χ3n) is 0. The first-order valence-electron chi connectivity index (χ1n) is 0.548. The molecule has 0 fully saturated rings. The van der Waals surface area contributed by atoms with Crippen LogP contribution >= 0.6 is 0 Å². The summed E-state index contributed by atoms with van der Waals surface area (Å²) in [6.45, 7) is 0. The molecule has 5 heavy (non-hydrogen) atoms. The van der Waals surface area contributed by atoms with E-state index in [0.717, 1.165) is 0 Å². The fraction of sp³-hybridized carbons (Fsp3) is 0. The van der Waals surface area contributed by atoms with Crippen molar-refractivity contribution in [3.63, 3.8) is 0 Å². The van der Waals surface area contributed by atoms with Gasteiger partial charge in [0.1, 0.15) is 0 Å². The summed E-state index contributed by atoms with van der Waals surface area (Å²) in [5.41, 5.74) is 0. The van der Waals surface area contributed by atoms with Gasteiger partial charge in [-0.3, -0.25) is 0 Å². The van der Waals surface area contributed by atoms with Gasteiger partial charge >= 0.3 is 27.3 Å². The average Bonchev–Trinajstić information content (AvgIpc) is 0.811. The van der Waals surface area contributed by atoms with Gasteiger partial charge in [0.2, 0.25) is 0 Å². The first-order valence-corrected chi connectivity index (χ1v) is 0.548. The second kappa shape index (κ2) is 4.12. The number of rotatable bonds is 0. The van der Waals surface area contributed by atoms with Gasteiger partial charge in [-0.05, 0) is 0 Å². The van der Waals surface area contributed by atoms with E-state index in [2.05, 4.69) is 0 Å². The van der Waals surface area contributed by atoms with Gasteiger partial charge < -0.3 is 15.3 Å². The molecule has 0 aliphatic heterocycles. The van der Waals surface area contributed by atoms with Crippen LogP contribution < -0.4 is 0 Å². The Morgan fingerprint density at radius 1 is 1.40 bits per heavy atom. The number of nitrogens with zero attached hydrogens (tertiary/aromatic N) is 1. The Balaban J connectivity index is 0. The van der Waals surface area contributed by atoms with Crippen molar-refractivity contribution in [2.24, 2.45) is 0 Å². The van der Waals surface area contributed by atoms with Gasteiger partial charge in [-0.25, -0.2) is 0 Å². The van der Waals surface area contributed by atoms with E-state index in [4.69, 9.17) is 15.3 Å². The maximum Gasteiger partial charge on any atom is 2.00 e. The van der Waals surface area contributed by atoms with Crippen molar-refractivity contribution in [1.29, 1.82) is 0 Å². The number of hydrogen-bond acceptors (Lipinski definition) is 3. The Hall–Kier alpha value is 0.122. The second-order valence-corrected chi connectivity index (χ2v) is 0.224. The molecule has 0 atom stereocenters. The molecule has 0 bridgehead atoms. The zero-order valence-electron chi connectivity index (χ0n) is 2.17. The fourth-order valence-corrected chi connectivity index (χ4v) is 0. The minimum absolute atomic E-state index is 0. The molecule has 0 spiro atoms. The summed E-state index contributed by atoms with van der Waals surface area (Å²) in [7, 11) is 0. The summed E-state index contributed by atoms with van der Waals surface area (Å²) in [6.07, 6.45) is 0. The molecule has 0 heterocycles. The first kappa shape index (κ1) is 8.93. The topological polar surface area (TPSA) is 66.2 Å². The molecule has 5 heteroatoms. The van der Waals surface area contributed by atoms with Crippen LogP contribution in [-0.4, -0.2) is 32.4 Å². The van der Waals surface area contributed by atoms with Crippen LogP contribution in [0.2, 0.25) is 0 Å². The second-order valence-electron chi connectivity index (χ2n) is 0.224. The molecule has 0 aromatic heterocycles. The smallest absolute Gasteiger partial charge is 0.356 e. The van der Waals surface area contributed by atoms with Crippen LogP contribution in [0.25, 0.3) is 0 Å². The minimum Gasteiger partial charge on any atom is -0.356 e. The Labute approximate surface area is 48.1 Å². The van der Waals surface area contributed by atoms with Crippen molar-refractivity contribution in [1.82, 2.24) is 0 Å². The van der Waals surface area contributed by atoms with Crippen molar-refractivity contribution >= 4 is 27.3 Å². The van der Waals surface area contributed by atoms with Crippen molar-refractivity contribution in [2.75, 3.05) is 0 Å². The van der Waals surface area contributed by atoms with Gasteiger partial charge in [-0.1, -0.05) is 0 Å². The van der Waals surface area contributed by atoms with Crippen LogP contribution in [0, 0.1) is 15.3 Å². The predicted molar refractivity (Wildman–Crippen MR) is 16.1 cm³/mol. The molecule has 0 aliphatic rings. The Morgan fingerprint density at radius 2 is 1.40 bits per heavy atom. The van der Waals surface area contributed by atoms with Crippen LogP contribution in [-0.2, 0) is 0 Å². The van der Waals surface area contributed by atoms with Gasteiger partial charge in [0.15, 0.2) is 0 Å². The molecule has 0 N–H and O–H groups in total. The molecule has 0 saturated heterocycles. The van der Waals surface area contributed by atoms with E-state index in [1.807, 2.05) is 0 Å². The predicted octanol–water partition coefficient (Wildman–Crippen LogP) is -0.620. The zero-order chi connectivity index (χ0) is 3.58. The molecule has 0 rings (SSSR count). The fourth-order valence-electron chi connectivity index (χ4n) is 0. The molecule has 0 aliphatic carbocycles. The molecular weight excluding hydrogens is 269 g/mol. The summed E-state index contributed by atoms with van der Waals surface area (Å²) in [4.78, 5) is 8.25. The third kappa shape index (κ3) is 1250. The minimum atomic E-state index is -1.75. The van der Waals surface area contributed by atoms with Crippen molar-refractivity contribution in [3.05, 3.63) is 15.3 Å². The normalized spacial score (nSPS) is 4.80. The van der Waals surface area contributed by atoms with Crippen LogP contribution in [0.15, 0.2) is 0 Å². The Bertz CT molecular complexity index is 29.9. The first-order chi connectivity index (χ1) is 1.73. The van der Waals surface area contributed by atoms with Crippen LogP contribution in [0.3, 0.4) is 0 Å². The molecule has 26 valence electrons. The van der Waals surface area contributed by atoms with Crippen LogP contribution in [0.5, 0.6) is 0 Å². The Kier molecular flexibility index (Phi) is 7.36. The van der Waals surface area contributed by atoms with E-state index >= 15 is 0 Å². The van der Waals surface area contributed by atoms with Crippen molar-refractivity contribution < 1.29 is 5.09 Å². The van der Waals surface area contributed by atoms with Gasteiger partial charge in [0.05, 0.1) is 5.09 Å². The van der Waals surface area contributed by atoms with Gasteiger partial charge in [-0.15, -0.1) is 0 Å². The quantitative estimate of drug-likeness (QED) is 0.334. The third-order valence-corrected chi connectivity index (χ3v) is 0. The largest absolute Gasteiger partial charge is 2.00 e. The molecule has 0 amide bonds. The molecule has 0 aromatic rings.